The molecule has 0 atom stereocenters. The molecule has 1 aliphatic heterocycles. The van der Waals surface area contributed by atoms with E-state index in [2.05, 4.69) is 5.32 Å². The summed E-state index contributed by atoms with van der Waals surface area (Å²) in [6, 6.07) is 7.44. The summed E-state index contributed by atoms with van der Waals surface area (Å²) in [4.78, 5) is 25.0. The standard InChI is InChI=1S/C15H20N2O4S/c1-22(20,21)10-8-14(18)16-11-12-4-6-13(7-5-12)17-9-2-3-15(17)19/h4-7H,2-3,8-11H2,1H3,(H,16,18). The quantitative estimate of drug-likeness (QED) is 0.841. The van der Waals surface area contributed by atoms with Crippen molar-refractivity contribution in [2.45, 2.75) is 25.8 Å². The Morgan fingerprint density at radius 2 is 1.95 bits per heavy atom. The van der Waals surface area contributed by atoms with Crippen molar-refractivity contribution < 1.29 is 18.0 Å². The molecular weight excluding hydrogens is 304 g/mol. The first-order valence-corrected chi connectivity index (χ1v) is 9.25. The molecule has 0 aromatic heterocycles. The molecule has 1 aromatic carbocycles. The van der Waals surface area contributed by atoms with Crippen molar-refractivity contribution in [2.24, 2.45) is 0 Å². The number of amides is 2. The van der Waals surface area contributed by atoms with Gasteiger partial charge in [-0.25, -0.2) is 8.42 Å². The summed E-state index contributed by atoms with van der Waals surface area (Å²) in [5.74, 6) is -0.291. The first-order valence-electron chi connectivity index (χ1n) is 7.19. The van der Waals surface area contributed by atoms with Gasteiger partial charge in [-0.15, -0.1) is 0 Å². The van der Waals surface area contributed by atoms with Crippen LogP contribution in [0.1, 0.15) is 24.8 Å². The van der Waals surface area contributed by atoms with Gasteiger partial charge in [0.15, 0.2) is 0 Å². The molecule has 0 radical (unpaired) electrons. The van der Waals surface area contributed by atoms with Crippen molar-refractivity contribution in [3.05, 3.63) is 29.8 Å². The van der Waals surface area contributed by atoms with Crippen molar-refractivity contribution in [3.8, 4) is 0 Å². The molecular formula is C15H20N2O4S. The van der Waals surface area contributed by atoms with Crippen LogP contribution >= 0.6 is 0 Å². The van der Waals surface area contributed by atoms with E-state index in [-0.39, 0.29) is 24.0 Å². The predicted octanol–water partition coefficient (Wildman–Crippen LogP) is 0.864. The number of hydrogen-bond acceptors (Lipinski definition) is 4. The van der Waals surface area contributed by atoms with Crippen molar-refractivity contribution >= 4 is 27.3 Å². The van der Waals surface area contributed by atoms with Gasteiger partial charge in [0.05, 0.1) is 5.75 Å². The second-order valence-corrected chi connectivity index (χ2v) is 7.73. The molecule has 7 heteroatoms. The zero-order valence-electron chi connectivity index (χ0n) is 12.5. The number of carbonyl (C=O) groups is 2. The fourth-order valence-corrected chi connectivity index (χ4v) is 2.84. The summed E-state index contributed by atoms with van der Waals surface area (Å²) in [5, 5.41) is 2.69. The molecule has 6 nitrogen and oxygen atoms in total. The summed E-state index contributed by atoms with van der Waals surface area (Å²) in [7, 11) is -3.12. The Morgan fingerprint density at radius 1 is 1.27 bits per heavy atom. The number of nitrogens with one attached hydrogen (secondary N) is 1. The third-order valence-electron chi connectivity index (χ3n) is 3.51. The van der Waals surface area contributed by atoms with Gasteiger partial charge in [0.25, 0.3) is 0 Å². The van der Waals surface area contributed by atoms with Gasteiger partial charge in [-0.2, -0.15) is 0 Å². The van der Waals surface area contributed by atoms with E-state index < -0.39 is 9.84 Å². The molecule has 0 saturated carbocycles. The molecule has 0 spiro atoms. The Bertz CT molecular complexity index is 653. The van der Waals surface area contributed by atoms with Crippen LogP contribution in [0.4, 0.5) is 5.69 Å². The monoisotopic (exact) mass is 324 g/mol. The Kier molecular flexibility index (Phi) is 5.18. The Balaban J connectivity index is 1.84. The van der Waals surface area contributed by atoms with E-state index in [0.29, 0.717) is 13.0 Å². The van der Waals surface area contributed by atoms with Gasteiger partial charge in [0.2, 0.25) is 11.8 Å². The van der Waals surface area contributed by atoms with E-state index in [1.54, 1.807) is 4.90 Å². The molecule has 1 aromatic rings. The maximum Gasteiger partial charge on any atom is 0.227 e. The smallest absolute Gasteiger partial charge is 0.227 e. The summed E-state index contributed by atoms with van der Waals surface area (Å²) in [6.45, 7) is 1.09. The number of sulfone groups is 1. The van der Waals surface area contributed by atoms with Gasteiger partial charge >= 0.3 is 0 Å². The Morgan fingerprint density at radius 3 is 2.50 bits per heavy atom. The lowest BCUT2D eigenvalue weighted by atomic mass is 10.2. The van der Waals surface area contributed by atoms with Crippen LogP contribution in [0, 0.1) is 0 Å². The van der Waals surface area contributed by atoms with Gasteiger partial charge < -0.3 is 10.2 Å². The first kappa shape index (κ1) is 16.5. The molecule has 1 heterocycles. The van der Waals surface area contributed by atoms with Crippen molar-refractivity contribution in [3.63, 3.8) is 0 Å². The van der Waals surface area contributed by atoms with Crippen LogP contribution in [0.5, 0.6) is 0 Å². The summed E-state index contributed by atoms with van der Waals surface area (Å²) < 4.78 is 22.0. The van der Waals surface area contributed by atoms with E-state index in [4.69, 9.17) is 0 Å². The molecule has 0 unspecified atom stereocenters. The van der Waals surface area contributed by atoms with Crippen molar-refractivity contribution in [2.75, 3.05) is 23.5 Å². The number of benzene rings is 1. The van der Waals surface area contributed by atoms with Gasteiger partial charge in [-0.3, -0.25) is 9.59 Å². The fourth-order valence-electron chi connectivity index (χ4n) is 2.28. The molecule has 2 amide bonds. The average molecular weight is 324 g/mol. The number of nitrogens with zero attached hydrogens (tertiary/aromatic N) is 1. The van der Waals surface area contributed by atoms with Gasteiger partial charge in [0.1, 0.15) is 9.84 Å². The molecule has 1 aliphatic rings. The highest BCUT2D eigenvalue weighted by atomic mass is 32.2. The second kappa shape index (κ2) is 6.91. The number of rotatable bonds is 6. The number of anilines is 1. The highest BCUT2D eigenvalue weighted by Crippen LogP contribution is 2.21. The lowest BCUT2D eigenvalue weighted by Gasteiger charge is -2.16. The number of hydrogen-bond donors (Lipinski definition) is 1. The van der Waals surface area contributed by atoms with Gasteiger partial charge in [0, 0.05) is 37.9 Å². The topological polar surface area (TPSA) is 83.6 Å². The van der Waals surface area contributed by atoms with Crippen molar-refractivity contribution in [1.29, 1.82) is 0 Å². The maximum absolute atomic E-state index is 11.6. The Labute approximate surface area is 130 Å². The highest BCUT2D eigenvalue weighted by Gasteiger charge is 2.21. The SMILES string of the molecule is CS(=O)(=O)CCC(=O)NCc1ccc(N2CCCC2=O)cc1. The zero-order valence-corrected chi connectivity index (χ0v) is 13.4. The normalized spacial score (nSPS) is 15.1. The van der Waals surface area contributed by atoms with Crippen LogP contribution in [0.2, 0.25) is 0 Å². The molecule has 120 valence electrons. The molecule has 1 saturated heterocycles. The van der Waals surface area contributed by atoms with E-state index in [1.807, 2.05) is 24.3 Å². The predicted molar refractivity (Wildman–Crippen MR) is 84.2 cm³/mol. The summed E-state index contributed by atoms with van der Waals surface area (Å²) in [6.07, 6.45) is 2.56. The third-order valence-corrected chi connectivity index (χ3v) is 4.46. The van der Waals surface area contributed by atoms with E-state index in [9.17, 15) is 18.0 Å². The minimum Gasteiger partial charge on any atom is -0.352 e. The summed E-state index contributed by atoms with van der Waals surface area (Å²) in [5.41, 5.74) is 1.78. The molecule has 1 fully saturated rings. The van der Waals surface area contributed by atoms with Crippen LogP contribution in [-0.2, 0) is 26.0 Å². The lowest BCUT2D eigenvalue weighted by Crippen LogP contribution is -2.25. The van der Waals surface area contributed by atoms with Crippen LogP contribution < -0.4 is 10.2 Å². The fraction of sp³-hybridized carbons (Fsp3) is 0.467. The molecule has 2 rings (SSSR count). The molecule has 0 bridgehead atoms. The lowest BCUT2D eigenvalue weighted by molar-refractivity contribution is -0.121. The van der Waals surface area contributed by atoms with Crippen LogP contribution in [0.15, 0.2) is 24.3 Å². The summed E-state index contributed by atoms with van der Waals surface area (Å²) >= 11 is 0. The molecule has 1 N–H and O–H groups in total. The van der Waals surface area contributed by atoms with E-state index in [0.717, 1.165) is 30.5 Å². The minimum atomic E-state index is -3.12. The minimum absolute atomic E-state index is 0.0286. The molecule has 22 heavy (non-hydrogen) atoms. The average Bonchev–Trinajstić information content (AvgIpc) is 2.89. The van der Waals surface area contributed by atoms with E-state index >= 15 is 0 Å². The largest absolute Gasteiger partial charge is 0.352 e. The Hall–Kier alpha value is -1.89. The van der Waals surface area contributed by atoms with Crippen LogP contribution in [0.3, 0.4) is 0 Å². The highest BCUT2D eigenvalue weighted by molar-refractivity contribution is 7.90. The van der Waals surface area contributed by atoms with E-state index in [1.165, 1.54) is 0 Å². The molecule has 0 aliphatic carbocycles. The third kappa shape index (κ3) is 4.84. The second-order valence-electron chi connectivity index (χ2n) is 5.47. The maximum atomic E-state index is 11.6. The van der Waals surface area contributed by atoms with Crippen LogP contribution in [-0.4, -0.2) is 38.8 Å². The number of carbonyl (C=O) groups excluding carboxylic acids is 2. The zero-order chi connectivity index (χ0) is 16.2. The first-order chi connectivity index (χ1) is 10.3. The van der Waals surface area contributed by atoms with Gasteiger partial charge in [-0.05, 0) is 24.1 Å². The van der Waals surface area contributed by atoms with Crippen LogP contribution in [0.25, 0.3) is 0 Å². The van der Waals surface area contributed by atoms with Gasteiger partial charge in [-0.1, -0.05) is 12.1 Å². The van der Waals surface area contributed by atoms with Crippen molar-refractivity contribution in [1.82, 2.24) is 5.32 Å².